The molecule has 0 saturated carbocycles. The highest BCUT2D eigenvalue weighted by Gasteiger charge is 2.34. The maximum absolute atomic E-state index is 5.64. The predicted octanol–water partition coefficient (Wildman–Crippen LogP) is 1.40. The SMILES string of the molecule is C[C@H](CN)C1CC(C)(C)CO1. The van der Waals surface area contributed by atoms with E-state index in [9.17, 15) is 0 Å². The van der Waals surface area contributed by atoms with Gasteiger partial charge in [-0.2, -0.15) is 0 Å². The van der Waals surface area contributed by atoms with Crippen molar-refractivity contribution >= 4 is 0 Å². The minimum absolute atomic E-state index is 0.369. The zero-order valence-corrected chi connectivity index (χ0v) is 7.76. The van der Waals surface area contributed by atoms with Crippen LogP contribution in [0.25, 0.3) is 0 Å². The van der Waals surface area contributed by atoms with E-state index in [1.807, 2.05) is 0 Å². The lowest BCUT2D eigenvalue weighted by atomic mass is 9.87. The number of ether oxygens (including phenoxy) is 1. The summed E-state index contributed by atoms with van der Waals surface area (Å²) < 4.78 is 5.64. The first kappa shape index (κ1) is 9.01. The first-order chi connectivity index (χ1) is 5.05. The summed E-state index contributed by atoms with van der Waals surface area (Å²) in [7, 11) is 0. The van der Waals surface area contributed by atoms with Crippen molar-refractivity contribution in [3.8, 4) is 0 Å². The third-order valence-electron chi connectivity index (χ3n) is 2.45. The van der Waals surface area contributed by atoms with Gasteiger partial charge in [0.1, 0.15) is 0 Å². The third kappa shape index (κ3) is 2.17. The molecule has 0 radical (unpaired) electrons. The topological polar surface area (TPSA) is 35.2 Å². The van der Waals surface area contributed by atoms with Crippen molar-refractivity contribution in [3.05, 3.63) is 0 Å². The average Bonchev–Trinajstić information content (AvgIpc) is 2.29. The highest BCUT2D eigenvalue weighted by Crippen LogP contribution is 2.34. The van der Waals surface area contributed by atoms with E-state index in [4.69, 9.17) is 10.5 Å². The van der Waals surface area contributed by atoms with Gasteiger partial charge in [-0.3, -0.25) is 0 Å². The lowest BCUT2D eigenvalue weighted by molar-refractivity contribution is 0.0661. The molecule has 0 bridgehead atoms. The summed E-state index contributed by atoms with van der Waals surface area (Å²) in [4.78, 5) is 0. The van der Waals surface area contributed by atoms with Gasteiger partial charge in [0.15, 0.2) is 0 Å². The van der Waals surface area contributed by atoms with Gasteiger partial charge in [0.05, 0.1) is 12.7 Å². The summed E-state index contributed by atoms with van der Waals surface area (Å²) >= 11 is 0. The summed E-state index contributed by atoms with van der Waals surface area (Å²) in [6.45, 7) is 8.28. The van der Waals surface area contributed by atoms with Gasteiger partial charge < -0.3 is 10.5 Å². The number of rotatable bonds is 2. The third-order valence-corrected chi connectivity index (χ3v) is 2.45. The van der Waals surface area contributed by atoms with E-state index in [0.29, 0.717) is 17.4 Å². The van der Waals surface area contributed by atoms with Crippen molar-refractivity contribution in [3.63, 3.8) is 0 Å². The van der Waals surface area contributed by atoms with Gasteiger partial charge in [-0.05, 0) is 24.3 Å². The second-order valence-electron chi connectivity index (χ2n) is 4.43. The van der Waals surface area contributed by atoms with E-state index < -0.39 is 0 Å². The van der Waals surface area contributed by atoms with Crippen LogP contribution in [0.1, 0.15) is 27.2 Å². The molecular weight excluding hydrogens is 138 g/mol. The molecule has 0 amide bonds. The molecular formula is C9H19NO. The first-order valence-corrected chi connectivity index (χ1v) is 4.37. The van der Waals surface area contributed by atoms with Crippen LogP contribution in [0.2, 0.25) is 0 Å². The molecule has 0 aromatic rings. The Bertz CT molecular complexity index is 134. The second-order valence-corrected chi connectivity index (χ2v) is 4.43. The van der Waals surface area contributed by atoms with Crippen LogP contribution in [-0.2, 0) is 4.74 Å². The van der Waals surface area contributed by atoms with E-state index in [0.717, 1.165) is 19.6 Å². The Kier molecular flexibility index (Phi) is 2.55. The number of nitrogens with two attached hydrogens (primary N) is 1. The van der Waals surface area contributed by atoms with Crippen LogP contribution in [0.3, 0.4) is 0 Å². The highest BCUT2D eigenvalue weighted by atomic mass is 16.5. The molecule has 1 aliphatic rings. The van der Waals surface area contributed by atoms with Crippen molar-refractivity contribution in [2.75, 3.05) is 13.2 Å². The Balaban J connectivity index is 2.41. The maximum Gasteiger partial charge on any atom is 0.0618 e. The molecule has 2 N–H and O–H groups in total. The maximum atomic E-state index is 5.64. The van der Waals surface area contributed by atoms with Crippen LogP contribution in [0.5, 0.6) is 0 Å². The van der Waals surface area contributed by atoms with Gasteiger partial charge in [-0.25, -0.2) is 0 Å². The van der Waals surface area contributed by atoms with Gasteiger partial charge in [-0.1, -0.05) is 20.8 Å². The minimum Gasteiger partial charge on any atom is -0.377 e. The van der Waals surface area contributed by atoms with E-state index in [1.54, 1.807) is 0 Å². The van der Waals surface area contributed by atoms with Crippen LogP contribution in [0.15, 0.2) is 0 Å². The molecule has 1 rings (SSSR count). The van der Waals surface area contributed by atoms with Gasteiger partial charge in [0, 0.05) is 0 Å². The van der Waals surface area contributed by atoms with Crippen molar-refractivity contribution in [2.45, 2.75) is 33.3 Å². The largest absolute Gasteiger partial charge is 0.377 e. The van der Waals surface area contributed by atoms with Crippen molar-refractivity contribution in [1.82, 2.24) is 0 Å². The van der Waals surface area contributed by atoms with Crippen LogP contribution in [0.4, 0.5) is 0 Å². The quantitative estimate of drug-likeness (QED) is 0.657. The van der Waals surface area contributed by atoms with Crippen LogP contribution >= 0.6 is 0 Å². The number of hydrogen-bond acceptors (Lipinski definition) is 2. The van der Waals surface area contributed by atoms with Gasteiger partial charge >= 0.3 is 0 Å². The zero-order valence-electron chi connectivity index (χ0n) is 7.76. The molecule has 1 heterocycles. The number of hydrogen-bond donors (Lipinski definition) is 1. The molecule has 1 fully saturated rings. The molecule has 2 atom stereocenters. The molecule has 2 nitrogen and oxygen atoms in total. The minimum atomic E-state index is 0.369. The Morgan fingerprint density at radius 2 is 2.27 bits per heavy atom. The van der Waals surface area contributed by atoms with E-state index in [2.05, 4.69) is 20.8 Å². The molecule has 0 aliphatic carbocycles. The monoisotopic (exact) mass is 157 g/mol. The van der Waals surface area contributed by atoms with E-state index in [-0.39, 0.29) is 0 Å². The molecule has 0 aromatic carbocycles. The Morgan fingerprint density at radius 1 is 1.64 bits per heavy atom. The van der Waals surface area contributed by atoms with Crippen LogP contribution in [-0.4, -0.2) is 19.3 Å². The Labute approximate surface area is 69.1 Å². The summed E-state index contributed by atoms with van der Waals surface area (Å²) in [5, 5.41) is 0. The fourth-order valence-corrected chi connectivity index (χ4v) is 1.51. The molecule has 0 aromatic heterocycles. The Morgan fingerprint density at radius 3 is 2.64 bits per heavy atom. The summed E-state index contributed by atoms with van der Waals surface area (Å²) in [6.07, 6.45) is 1.56. The molecule has 0 spiro atoms. The van der Waals surface area contributed by atoms with Gasteiger partial charge in [0.25, 0.3) is 0 Å². The van der Waals surface area contributed by atoms with E-state index in [1.165, 1.54) is 0 Å². The zero-order chi connectivity index (χ0) is 8.48. The van der Waals surface area contributed by atoms with Crippen molar-refractivity contribution in [1.29, 1.82) is 0 Å². The fraction of sp³-hybridized carbons (Fsp3) is 1.00. The molecule has 1 aliphatic heterocycles. The lowest BCUT2D eigenvalue weighted by Crippen LogP contribution is -2.25. The van der Waals surface area contributed by atoms with Crippen molar-refractivity contribution < 1.29 is 4.74 Å². The normalized spacial score (nSPS) is 32.2. The highest BCUT2D eigenvalue weighted by molar-refractivity contribution is 4.83. The average molecular weight is 157 g/mol. The van der Waals surface area contributed by atoms with Crippen LogP contribution < -0.4 is 5.73 Å². The standard InChI is InChI=1S/C9H19NO/c1-7(5-10)8-4-9(2,3)6-11-8/h7-8H,4-6,10H2,1-3H3/t7-,8?/m1/s1. The molecule has 1 unspecified atom stereocenters. The molecule has 2 heteroatoms. The van der Waals surface area contributed by atoms with Gasteiger partial charge in [-0.15, -0.1) is 0 Å². The summed E-state index contributed by atoms with van der Waals surface area (Å²) in [5.41, 5.74) is 5.93. The molecule has 1 saturated heterocycles. The second kappa shape index (κ2) is 3.11. The predicted molar refractivity (Wildman–Crippen MR) is 46.4 cm³/mol. The van der Waals surface area contributed by atoms with Crippen molar-refractivity contribution in [2.24, 2.45) is 17.1 Å². The molecule has 66 valence electrons. The summed E-state index contributed by atoms with van der Waals surface area (Å²) in [5.74, 6) is 0.511. The fourth-order valence-electron chi connectivity index (χ4n) is 1.51. The smallest absolute Gasteiger partial charge is 0.0618 e. The lowest BCUT2D eigenvalue weighted by Gasteiger charge is -2.17. The van der Waals surface area contributed by atoms with Gasteiger partial charge in [0.2, 0.25) is 0 Å². The molecule has 11 heavy (non-hydrogen) atoms. The van der Waals surface area contributed by atoms with E-state index >= 15 is 0 Å². The van der Waals surface area contributed by atoms with Crippen LogP contribution in [0, 0.1) is 11.3 Å². The summed E-state index contributed by atoms with van der Waals surface area (Å²) in [6, 6.07) is 0. The first-order valence-electron chi connectivity index (χ1n) is 4.37. The Hall–Kier alpha value is -0.0800.